The highest BCUT2D eigenvalue weighted by Gasteiger charge is 2.06. The van der Waals surface area contributed by atoms with Gasteiger partial charge in [-0.2, -0.15) is 0 Å². The summed E-state index contributed by atoms with van der Waals surface area (Å²) < 4.78 is 10.3. The minimum atomic E-state index is -0.538. The van der Waals surface area contributed by atoms with Gasteiger partial charge in [-0.15, -0.1) is 0 Å². The van der Waals surface area contributed by atoms with Crippen molar-refractivity contribution in [3.8, 4) is 11.5 Å². The third-order valence-electron chi connectivity index (χ3n) is 2.36. The Hall–Kier alpha value is -2.04. The number of ether oxygens (including phenoxy) is 2. The third-order valence-corrected chi connectivity index (χ3v) is 2.36. The number of hydrogen-bond acceptors (Lipinski definition) is 4. The number of rotatable bonds is 7. The maximum Gasteiger partial charge on any atom is 0.311 e. The number of nitrogens with two attached hydrogens (primary N) is 1. The molecular formula is C14H19NO4. The molecule has 19 heavy (non-hydrogen) atoms. The summed E-state index contributed by atoms with van der Waals surface area (Å²) in [5.74, 6) is 0.641. The number of esters is 1. The molecular weight excluding hydrogens is 246 g/mol. The quantitative estimate of drug-likeness (QED) is 0.603. The summed E-state index contributed by atoms with van der Waals surface area (Å²) in [5.41, 5.74) is 4.96. The van der Waals surface area contributed by atoms with Gasteiger partial charge >= 0.3 is 5.97 Å². The van der Waals surface area contributed by atoms with Crippen LogP contribution >= 0.6 is 0 Å². The summed E-state index contributed by atoms with van der Waals surface area (Å²) in [6.45, 7) is 3.93. The second-order valence-electron chi connectivity index (χ2n) is 4.63. The molecule has 1 aromatic carbocycles. The molecule has 1 aromatic rings. The van der Waals surface area contributed by atoms with E-state index in [-0.39, 0.29) is 12.6 Å². The second-order valence-corrected chi connectivity index (χ2v) is 4.63. The predicted octanol–water partition coefficient (Wildman–Crippen LogP) is 1.89. The molecule has 5 nitrogen and oxygen atoms in total. The Labute approximate surface area is 112 Å². The van der Waals surface area contributed by atoms with Crippen molar-refractivity contribution in [2.75, 3.05) is 6.61 Å². The maximum atomic E-state index is 11.5. The molecule has 0 bridgehead atoms. The Morgan fingerprint density at radius 2 is 1.74 bits per heavy atom. The normalized spacial score (nSPS) is 10.3. The average Bonchev–Trinajstić information content (AvgIpc) is 2.35. The van der Waals surface area contributed by atoms with Crippen LogP contribution in [-0.2, 0) is 9.59 Å². The van der Waals surface area contributed by atoms with E-state index < -0.39 is 5.91 Å². The van der Waals surface area contributed by atoms with Crippen molar-refractivity contribution in [1.29, 1.82) is 0 Å². The van der Waals surface area contributed by atoms with Gasteiger partial charge in [-0.1, -0.05) is 13.8 Å². The van der Waals surface area contributed by atoms with E-state index in [1.165, 1.54) is 0 Å². The summed E-state index contributed by atoms with van der Waals surface area (Å²) in [6, 6.07) is 6.47. The van der Waals surface area contributed by atoms with Crippen molar-refractivity contribution < 1.29 is 19.1 Å². The molecule has 0 aromatic heterocycles. The third kappa shape index (κ3) is 6.45. The lowest BCUT2D eigenvalue weighted by atomic mass is 10.1. The maximum absolute atomic E-state index is 11.5. The molecule has 0 heterocycles. The Bertz CT molecular complexity index is 426. The highest BCUT2D eigenvalue weighted by Crippen LogP contribution is 2.18. The van der Waals surface area contributed by atoms with Gasteiger partial charge in [-0.3, -0.25) is 9.59 Å². The number of hydrogen-bond donors (Lipinski definition) is 1. The summed E-state index contributed by atoms with van der Waals surface area (Å²) >= 11 is 0. The van der Waals surface area contributed by atoms with E-state index in [9.17, 15) is 9.59 Å². The lowest BCUT2D eigenvalue weighted by molar-refractivity contribution is -0.134. The highest BCUT2D eigenvalue weighted by atomic mass is 16.5. The largest absolute Gasteiger partial charge is 0.484 e. The van der Waals surface area contributed by atoms with Gasteiger partial charge in [0.25, 0.3) is 5.91 Å². The van der Waals surface area contributed by atoms with Gasteiger partial charge < -0.3 is 15.2 Å². The van der Waals surface area contributed by atoms with Gasteiger partial charge in [0.15, 0.2) is 6.61 Å². The highest BCUT2D eigenvalue weighted by molar-refractivity contribution is 5.75. The van der Waals surface area contributed by atoms with E-state index in [4.69, 9.17) is 15.2 Å². The van der Waals surface area contributed by atoms with Gasteiger partial charge in [-0.05, 0) is 36.6 Å². The first kappa shape index (κ1) is 15.0. The molecule has 0 saturated heterocycles. The van der Waals surface area contributed by atoms with Crippen LogP contribution in [0.1, 0.15) is 26.7 Å². The topological polar surface area (TPSA) is 78.6 Å². The van der Waals surface area contributed by atoms with Gasteiger partial charge in [0.1, 0.15) is 11.5 Å². The summed E-state index contributed by atoms with van der Waals surface area (Å²) in [4.78, 5) is 22.0. The molecule has 1 amide bonds. The fourth-order valence-corrected chi connectivity index (χ4v) is 1.35. The molecule has 104 valence electrons. The molecule has 5 heteroatoms. The minimum absolute atomic E-state index is 0.173. The van der Waals surface area contributed by atoms with E-state index in [0.29, 0.717) is 23.8 Å². The van der Waals surface area contributed by atoms with E-state index in [1.54, 1.807) is 24.3 Å². The zero-order valence-electron chi connectivity index (χ0n) is 11.2. The van der Waals surface area contributed by atoms with E-state index in [2.05, 4.69) is 13.8 Å². The molecule has 0 radical (unpaired) electrons. The molecule has 0 saturated carbocycles. The average molecular weight is 265 g/mol. The van der Waals surface area contributed by atoms with Crippen molar-refractivity contribution >= 4 is 11.9 Å². The first-order valence-corrected chi connectivity index (χ1v) is 6.19. The Morgan fingerprint density at radius 3 is 2.26 bits per heavy atom. The van der Waals surface area contributed by atoms with Crippen LogP contribution in [-0.4, -0.2) is 18.5 Å². The van der Waals surface area contributed by atoms with Crippen LogP contribution in [0.25, 0.3) is 0 Å². The van der Waals surface area contributed by atoms with Crippen molar-refractivity contribution in [2.24, 2.45) is 11.7 Å². The first-order chi connectivity index (χ1) is 8.97. The Balaban J connectivity index is 2.43. The molecule has 0 aliphatic rings. The number of carbonyl (C=O) groups excluding carboxylic acids is 2. The van der Waals surface area contributed by atoms with Gasteiger partial charge in [0.2, 0.25) is 0 Å². The molecule has 0 spiro atoms. The summed E-state index contributed by atoms with van der Waals surface area (Å²) in [7, 11) is 0. The predicted molar refractivity (Wildman–Crippen MR) is 70.8 cm³/mol. The van der Waals surface area contributed by atoms with Crippen LogP contribution in [0, 0.1) is 5.92 Å². The summed E-state index contributed by atoms with van der Waals surface area (Å²) in [5, 5.41) is 0. The molecule has 2 N–H and O–H groups in total. The van der Waals surface area contributed by atoms with E-state index >= 15 is 0 Å². The first-order valence-electron chi connectivity index (χ1n) is 6.19. The lowest BCUT2D eigenvalue weighted by Crippen LogP contribution is -2.19. The van der Waals surface area contributed by atoms with Crippen molar-refractivity contribution in [2.45, 2.75) is 26.7 Å². The van der Waals surface area contributed by atoms with E-state index in [1.807, 2.05) is 0 Å². The Morgan fingerprint density at radius 1 is 1.16 bits per heavy atom. The van der Waals surface area contributed by atoms with Gasteiger partial charge in [0.05, 0.1) is 0 Å². The molecule has 0 fully saturated rings. The monoisotopic (exact) mass is 265 g/mol. The van der Waals surface area contributed by atoms with Crippen molar-refractivity contribution in [3.05, 3.63) is 24.3 Å². The van der Waals surface area contributed by atoms with Gasteiger partial charge in [0, 0.05) is 6.42 Å². The van der Waals surface area contributed by atoms with Crippen molar-refractivity contribution in [3.63, 3.8) is 0 Å². The SMILES string of the molecule is CC(C)CCC(=O)Oc1ccc(OCC(N)=O)cc1. The molecule has 0 atom stereocenters. The van der Waals surface area contributed by atoms with Crippen molar-refractivity contribution in [1.82, 2.24) is 0 Å². The van der Waals surface area contributed by atoms with Gasteiger partial charge in [-0.25, -0.2) is 0 Å². The molecule has 0 aliphatic carbocycles. The van der Waals surface area contributed by atoms with Crippen LogP contribution in [0.5, 0.6) is 11.5 Å². The van der Waals surface area contributed by atoms with Crippen LogP contribution < -0.4 is 15.2 Å². The molecule has 0 aliphatic heterocycles. The Kier molecular flexibility index (Phi) is 5.85. The van der Waals surface area contributed by atoms with Crippen LogP contribution in [0.3, 0.4) is 0 Å². The lowest BCUT2D eigenvalue weighted by Gasteiger charge is -2.07. The number of benzene rings is 1. The number of primary amides is 1. The minimum Gasteiger partial charge on any atom is -0.484 e. The molecule has 1 rings (SSSR count). The smallest absolute Gasteiger partial charge is 0.311 e. The van der Waals surface area contributed by atoms with Crippen LogP contribution in [0.15, 0.2) is 24.3 Å². The standard InChI is InChI=1S/C14H19NO4/c1-10(2)3-8-14(17)19-12-6-4-11(5-7-12)18-9-13(15)16/h4-7,10H,3,8-9H2,1-2H3,(H2,15,16). The fourth-order valence-electron chi connectivity index (χ4n) is 1.35. The second kappa shape index (κ2) is 7.41. The number of amides is 1. The van der Waals surface area contributed by atoms with Crippen LogP contribution in [0.4, 0.5) is 0 Å². The molecule has 0 unspecified atom stereocenters. The van der Waals surface area contributed by atoms with Crippen LogP contribution in [0.2, 0.25) is 0 Å². The summed E-state index contributed by atoms with van der Waals surface area (Å²) in [6.07, 6.45) is 1.20. The fraction of sp³-hybridized carbons (Fsp3) is 0.429. The van der Waals surface area contributed by atoms with E-state index in [0.717, 1.165) is 6.42 Å². The zero-order valence-corrected chi connectivity index (χ0v) is 11.2. The zero-order chi connectivity index (χ0) is 14.3. The number of carbonyl (C=O) groups is 2.